The van der Waals surface area contributed by atoms with E-state index in [1.807, 2.05) is 24.4 Å². The maximum absolute atomic E-state index is 6.05. The molecule has 0 aliphatic heterocycles. The van der Waals surface area contributed by atoms with Crippen LogP contribution in [0.1, 0.15) is 37.8 Å². The van der Waals surface area contributed by atoms with E-state index in [-0.39, 0.29) is 0 Å². The number of hydrogen-bond acceptors (Lipinski definition) is 1. The first-order chi connectivity index (χ1) is 7.90. The Kier molecular flexibility index (Phi) is 4.41. The van der Waals surface area contributed by atoms with Gasteiger partial charge in [-0.3, -0.25) is 4.98 Å². The Morgan fingerprint density at radius 2 is 2.12 bits per heavy atom. The van der Waals surface area contributed by atoms with Crippen molar-refractivity contribution in [3.05, 3.63) is 35.7 Å². The van der Waals surface area contributed by atoms with Crippen LogP contribution >= 0.6 is 11.6 Å². The molecule has 2 rings (SSSR count). The van der Waals surface area contributed by atoms with E-state index in [2.05, 4.69) is 11.1 Å². The SMILES string of the molecule is ClCC(=Cc1ccccn1)C1CCCCC1. The second-order valence-corrected chi connectivity index (χ2v) is 4.71. The fourth-order valence-electron chi connectivity index (χ4n) is 2.39. The number of aromatic nitrogens is 1. The first-order valence-electron chi connectivity index (χ1n) is 6.07. The molecule has 0 spiro atoms. The molecule has 0 atom stereocenters. The zero-order valence-electron chi connectivity index (χ0n) is 9.53. The molecule has 1 aliphatic rings. The lowest BCUT2D eigenvalue weighted by molar-refractivity contribution is 0.405. The average molecular weight is 236 g/mol. The molecular weight excluding hydrogens is 218 g/mol. The van der Waals surface area contributed by atoms with Gasteiger partial charge in [0.15, 0.2) is 0 Å². The predicted octanol–water partition coefficient (Wildman–Crippen LogP) is 4.28. The topological polar surface area (TPSA) is 12.9 Å². The van der Waals surface area contributed by atoms with Crippen molar-refractivity contribution in [2.75, 3.05) is 5.88 Å². The summed E-state index contributed by atoms with van der Waals surface area (Å²) in [5.74, 6) is 1.33. The Labute approximate surface area is 103 Å². The Hall–Kier alpha value is -0.820. The molecule has 0 amide bonds. The quantitative estimate of drug-likeness (QED) is 0.713. The normalized spacial score (nSPS) is 18.7. The van der Waals surface area contributed by atoms with Crippen molar-refractivity contribution in [2.45, 2.75) is 32.1 Å². The summed E-state index contributed by atoms with van der Waals surface area (Å²) in [5, 5.41) is 0. The first kappa shape index (κ1) is 11.7. The van der Waals surface area contributed by atoms with Crippen LogP contribution < -0.4 is 0 Å². The summed E-state index contributed by atoms with van der Waals surface area (Å²) < 4.78 is 0. The number of halogens is 1. The zero-order chi connectivity index (χ0) is 11.2. The standard InChI is InChI=1S/C14H18ClN/c15-11-13(12-6-2-1-3-7-12)10-14-8-4-5-9-16-14/h4-5,8-10,12H,1-3,6-7,11H2. The highest BCUT2D eigenvalue weighted by molar-refractivity contribution is 6.19. The van der Waals surface area contributed by atoms with Crippen LogP contribution in [0.4, 0.5) is 0 Å². The average Bonchev–Trinajstić information content (AvgIpc) is 2.38. The first-order valence-corrected chi connectivity index (χ1v) is 6.61. The van der Waals surface area contributed by atoms with Crippen LogP contribution in [-0.4, -0.2) is 10.9 Å². The Bertz CT molecular complexity index is 339. The van der Waals surface area contributed by atoms with E-state index in [0.717, 1.165) is 5.69 Å². The lowest BCUT2D eigenvalue weighted by Gasteiger charge is -2.23. The third-order valence-electron chi connectivity index (χ3n) is 3.30. The highest BCUT2D eigenvalue weighted by Crippen LogP contribution is 2.31. The summed E-state index contributed by atoms with van der Waals surface area (Å²) >= 11 is 6.05. The van der Waals surface area contributed by atoms with Crippen molar-refractivity contribution < 1.29 is 0 Å². The molecule has 0 radical (unpaired) electrons. The highest BCUT2D eigenvalue weighted by Gasteiger charge is 2.17. The molecule has 1 saturated carbocycles. The minimum absolute atomic E-state index is 0.640. The molecule has 1 fully saturated rings. The van der Waals surface area contributed by atoms with Crippen molar-refractivity contribution in [1.82, 2.24) is 4.98 Å². The third kappa shape index (κ3) is 3.08. The van der Waals surface area contributed by atoms with E-state index in [1.165, 1.54) is 37.7 Å². The van der Waals surface area contributed by atoms with Crippen molar-refractivity contribution >= 4 is 17.7 Å². The van der Waals surface area contributed by atoms with Gasteiger partial charge in [-0.2, -0.15) is 0 Å². The fraction of sp³-hybridized carbons (Fsp3) is 0.500. The van der Waals surface area contributed by atoms with Crippen molar-refractivity contribution in [3.63, 3.8) is 0 Å². The van der Waals surface area contributed by atoms with Gasteiger partial charge in [0.1, 0.15) is 0 Å². The van der Waals surface area contributed by atoms with Crippen LogP contribution in [-0.2, 0) is 0 Å². The van der Waals surface area contributed by atoms with Gasteiger partial charge in [-0.05, 0) is 37.0 Å². The largest absolute Gasteiger partial charge is 0.257 e. The van der Waals surface area contributed by atoms with Crippen molar-refractivity contribution in [3.8, 4) is 0 Å². The van der Waals surface area contributed by atoms with Gasteiger partial charge in [0.2, 0.25) is 0 Å². The molecule has 0 aromatic carbocycles. The summed E-state index contributed by atoms with van der Waals surface area (Å²) in [5.41, 5.74) is 2.39. The minimum Gasteiger partial charge on any atom is -0.257 e. The monoisotopic (exact) mass is 235 g/mol. The highest BCUT2D eigenvalue weighted by atomic mass is 35.5. The van der Waals surface area contributed by atoms with Crippen molar-refractivity contribution in [2.24, 2.45) is 5.92 Å². The molecule has 1 aromatic rings. The van der Waals surface area contributed by atoms with Crippen LogP contribution in [0.3, 0.4) is 0 Å². The number of rotatable bonds is 3. The molecule has 0 unspecified atom stereocenters. The minimum atomic E-state index is 0.640. The van der Waals surface area contributed by atoms with E-state index in [0.29, 0.717) is 11.8 Å². The Morgan fingerprint density at radius 1 is 1.31 bits per heavy atom. The lowest BCUT2D eigenvalue weighted by atomic mass is 9.84. The van der Waals surface area contributed by atoms with Crippen LogP contribution in [0.15, 0.2) is 30.0 Å². The van der Waals surface area contributed by atoms with Gasteiger partial charge in [-0.25, -0.2) is 0 Å². The summed E-state index contributed by atoms with van der Waals surface area (Å²) in [7, 11) is 0. The van der Waals surface area contributed by atoms with Gasteiger partial charge in [0, 0.05) is 12.1 Å². The zero-order valence-corrected chi connectivity index (χ0v) is 10.3. The van der Waals surface area contributed by atoms with E-state index < -0.39 is 0 Å². The molecule has 2 heteroatoms. The lowest BCUT2D eigenvalue weighted by Crippen LogP contribution is -2.10. The number of nitrogens with zero attached hydrogens (tertiary/aromatic N) is 1. The smallest absolute Gasteiger partial charge is 0.0629 e. The molecule has 16 heavy (non-hydrogen) atoms. The number of alkyl halides is 1. The van der Waals surface area contributed by atoms with Crippen LogP contribution in [0.2, 0.25) is 0 Å². The summed E-state index contributed by atoms with van der Waals surface area (Å²) in [6.07, 6.45) is 10.7. The van der Waals surface area contributed by atoms with E-state index in [1.54, 1.807) is 0 Å². The van der Waals surface area contributed by atoms with Crippen LogP contribution in [0.5, 0.6) is 0 Å². The Morgan fingerprint density at radius 3 is 2.75 bits per heavy atom. The van der Waals surface area contributed by atoms with Gasteiger partial charge in [0.25, 0.3) is 0 Å². The number of pyridine rings is 1. The molecule has 1 nitrogen and oxygen atoms in total. The molecule has 0 saturated heterocycles. The van der Waals surface area contributed by atoms with Crippen molar-refractivity contribution in [1.29, 1.82) is 0 Å². The second-order valence-electron chi connectivity index (χ2n) is 4.44. The van der Waals surface area contributed by atoms with E-state index >= 15 is 0 Å². The second kappa shape index (κ2) is 6.05. The third-order valence-corrected chi connectivity index (χ3v) is 3.61. The molecule has 1 aromatic heterocycles. The summed E-state index contributed by atoms with van der Waals surface area (Å²) in [4.78, 5) is 4.33. The van der Waals surface area contributed by atoms with Gasteiger partial charge in [-0.15, -0.1) is 11.6 Å². The molecule has 1 heterocycles. The van der Waals surface area contributed by atoms with Gasteiger partial charge in [0.05, 0.1) is 5.69 Å². The van der Waals surface area contributed by atoms with Crippen LogP contribution in [0, 0.1) is 5.92 Å². The van der Waals surface area contributed by atoms with Crippen LogP contribution in [0.25, 0.3) is 6.08 Å². The molecule has 86 valence electrons. The molecule has 0 N–H and O–H groups in total. The van der Waals surface area contributed by atoms with Gasteiger partial charge >= 0.3 is 0 Å². The predicted molar refractivity (Wildman–Crippen MR) is 69.5 cm³/mol. The fourth-order valence-corrected chi connectivity index (χ4v) is 2.69. The maximum Gasteiger partial charge on any atom is 0.0629 e. The van der Waals surface area contributed by atoms with Gasteiger partial charge < -0.3 is 0 Å². The van der Waals surface area contributed by atoms with E-state index in [9.17, 15) is 0 Å². The molecule has 0 bridgehead atoms. The summed E-state index contributed by atoms with van der Waals surface area (Å²) in [6.45, 7) is 0. The van der Waals surface area contributed by atoms with E-state index in [4.69, 9.17) is 11.6 Å². The molecular formula is C14H18ClN. The van der Waals surface area contributed by atoms with Gasteiger partial charge in [-0.1, -0.05) is 30.9 Å². The number of hydrogen-bond donors (Lipinski definition) is 0. The molecule has 1 aliphatic carbocycles. The Balaban J connectivity index is 2.12. The number of allylic oxidation sites excluding steroid dienone is 1. The maximum atomic E-state index is 6.05. The summed E-state index contributed by atoms with van der Waals surface area (Å²) in [6, 6.07) is 6.00.